The van der Waals surface area contributed by atoms with E-state index in [1.54, 1.807) is 53.1 Å². The Bertz CT molecular complexity index is 1450. The van der Waals surface area contributed by atoms with Gasteiger partial charge < -0.3 is 14.6 Å². The minimum Gasteiger partial charge on any atom is -0.488 e. The molecule has 2 N–H and O–H groups in total. The van der Waals surface area contributed by atoms with Crippen molar-refractivity contribution in [3.05, 3.63) is 64.5 Å². The molecular weight excluding hydrogens is 558 g/mol. The second kappa shape index (κ2) is 12.2. The average Bonchev–Trinajstić information content (AvgIpc) is 2.95. The summed E-state index contributed by atoms with van der Waals surface area (Å²) >= 11 is 0. The van der Waals surface area contributed by atoms with Gasteiger partial charge in [0.15, 0.2) is 14.1 Å². The van der Waals surface area contributed by atoms with E-state index < -0.39 is 33.2 Å². The van der Waals surface area contributed by atoms with Gasteiger partial charge in [0, 0.05) is 36.3 Å². The molecule has 2 aromatic rings. The third-order valence-electron chi connectivity index (χ3n) is 10.5. The predicted molar refractivity (Wildman–Crippen MR) is 182 cm³/mol. The SMILES string of the molecule is BC(O)(c1ccc(F)c(COc2cccc(C=O)c2CN(C)C2(B)C(=O)NC(=O)C(B)(B)C2(B)B)c1)N1CC(C)OC(C)C1. The molecule has 16 heteroatoms. The first-order chi connectivity index (χ1) is 20.4. The number of benzene rings is 2. The number of likely N-dealkylation sites (N-methyl/N-ethyl adjacent to an activating group) is 1. The summed E-state index contributed by atoms with van der Waals surface area (Å²) in [6, 6.07) is 9.53. The number of aliphatic hydroxyl groups is 1. The normalized spacial score (nSPS) is 26.5. The van der Waals surface area contributed by atoms with Gasteiger partial charge in [-0.2, -0.15) is 0 Å². The maximum Gasteiger partial charge on any atom is 0.237 e. The lowest BCUT2D eigenvalue weighted by atomic mass is 9.21. The largest absolute Gasteiger partial charge is 0.488 e. The molecule has 0 aliphatic carbocycles. The van der Waals surface area contributed by atoms with Crippen LogP contribution in [0, 0.1) is 5.82 Å². The Labute approximate surface area is 264 Å². The lowest BCUT2D eigenvalue weighted by Gasteiger charge is -2.59. The zero-order chi connectivity index (χ0) is 32.8. The number of ether oxygens (including phenoxy) is 2. The minimum atomic E-state index is -1.36. The molecule has 0 radical (unpaired) electrons. The van der Waals surface area contributed by atoms with Crippen molar-refractivity contribution in [1.29, 1.82) is 0 Å². The number of nitrogens with one attached hydrogen (secondary N) is 1. The van der Waals surface area contributed by atoms with E-state index in [2.05, 4.69) is 5.32 Å². The molecular formula is C28H40B6FN3O6. The number of morpholine rings is 1. The van der Waals surface area contributed by atoms with Gasteiger partial charge in [-0.25, -0.2) is 4.39 Å². The molecule has 2 heterocycles. The van der Waals surface area contributed by atoms with Crippen LogP contribution in [0.25, 0.3) is 0 Å². The van der Waals surface area contributed by atoms with Crippen LogP contribution >= 0.6 is 0 Å². The topological polar surface area (TPSA) is 108 Å². The quantitative estimate of drug-likeness (QED) is 0.172. The number of imide groups is 1. The van der Waals surface area contributed by atoms with Crippen molar-refractivity contribution in [2.45, 2.75) is 60.7 Å². The monoisotopic (exact) mass is 599 g/mol. The fraction of sp³-hybridized carbons (Fsp3) is 0.464. The van der Waals surface area contributed by atoms with E-state index in [4.69, 9.17) is 9.47 Å². The number of carbonyl (C=O) groups is 3. The molecule has 2 aliphatic rings. The van der Waals surface area contributed by atoms with E-state index >= 15 is 4.39 Å². The van der Waals surface area contributed by atoms with E-state index in [9.17, 15) is 19.5 Å². The highest BCUT2D eigenvalue weighted by Crippen LogP contribution is 2.53. The zero-order valence-electron chi connectivity index (χ0n) is 27.3. The maximum absolute atomic E-state index is 15.1. The van der Waals surface area contributed by atoms with Gasteiger partial charge in [-0.05, 0) is 49.9 Å². The third kappa shape index (κ3) is 5.82. The average molecular weight is 599 g/mol. The van der Waals surface area contributed by atoms with Crippen molar-refractivity contribution in [3.8, 4) is 5.75 Å². The van der Waals surface area contributed by atoms with Crippen LogP contribution in [0.1, 0.15) is 40.9 Å². The van der Waals surface area contributed by atoms with Crippen molar-refractivity contribution in [2.75, 3.05) is 20.1 Å². The molecule has 0 saturated carbocycles. The number of hydrogen-bond acceptors (Lipinski definition) is 8. The number of amides is 2. The first-order valence-electron chi connectivity index (χ1n) is 15.1. The van der Waals surface area contributed by atoms with Gasteiger partial charge in [0.25, 0.3) is 0 Å². The van der Waals surface area contributed by atoms with Crippen LogP contribution < -0.4 is 10.1 Å². The molecule has 0 aromatic heterocycles. The Morgan fingerprint density at radius 2 is 1.77 bits per heavy atom. The number of aldehydes is 1. The van der Waals surface area contributed by atoms with Crippen LogP contribution in [-0.4, -0.2) is 118 Å². The van der Waals surface area contributed by atoms with Crippen LogP contribution in [0.5, 0.6) is 5.75 Å². The Kier molecular flexibility index (Phi) is 9.45. The highest BCUT2D eigenvalue weighted by atomic mass is 19.1. The van der Waals surface area contributed by atoms with Crippen molar-refractivity contribution in [1.82, 2.24) is 15.1 Å². The molecule has 4 rings (SSSR count). The van der Waals surface area contributed by atoms with Crippen molar-refractivity contribution < 1.29 is 33.4 Å². The third-order valence-corrected chi connectivity index (χ3v) is 10.5. The summed E-state index contributed by atoms with van der Waals surface area (Å²) in [5.41, 5.74) is -0.820. The molecule has 2 aliphatic heterocycles. The lowest BCUT2D eigenvalue weighted by Crippen LogP contribution is -2.74. The van der Waals surface area contributed by atoms with E-state index in [0.717, 1.165) is 6.29 Å². The van der Waals surface area contributed by atoms with Crippen LogP contribution in [0.15, 0.2) is 36.4 Å². The van der Waals surface area contributed by atoms with E-state index in [1.165, 1.54) is 6.07 Å². The van der Waals surface area contributed by atoms with E-state index in [-0.39, 0.29) is 36.8 Å². The van der Waals surface area contributed by atoms with Gasteiger partial charge in [0.1, 0.15) is 63.0 Å². The Hall–Kier alpha value is -2.79. The van der Waals surface area contributed by atoms with Crippen LogP contribution in [0.2, 0.25) is 10.4 Å². The molecule has 4 atom stereocenters. The molecule has 0 spiro atoms. The molecule has 2 amide bonds. The summed E-state index contributed by atoms with van der Waals surface area (Å²) in [5, 5.41) is 12.4. The zero-order valence-corrected chi connectivity index (χ0v) is 27.3. The van der Waals surface area contributed by atoms with Crippen molar-refractivity contribution in [2.24, 2.45) is 0 Å². The smallest absolute Gasteiger partial charge is 0.237 e. The maximum atomic E-state index is 15.1. The van der Waals surface area contributed by atoms with Gasteiger partial charge in [-0.1, -0.05) is 23.4 Å². The number of rotatable bonds is 9. The highest BCUT2D eigenvalue weighted by molar-refractivity contribution is 6.66. The van der Waals surface area contributed by atoms with Crippen LogP contribution in [0.3, 0.4) is 0 Å². The number of hydrogen-bond donors (Lipinski definition) is 2. The molecule has 44 heavy (non-hydrogen) atoms. The second-order valence-electron chi connectivity index (χ2n) is 13.7. The van der Waals surface area contributed by atoms with Crippen LogP contribution in [-0.2, 0) is 33.1 Å². The fourth-order valence-corrected chi connectivity index (χ4v) is 6.45. The highest BCUT2D eigenvalue weighted by Gasteiger charge is 2.62. The van der Waals surface area contributed by atoms with Crippen molar-refractivity contribution >= 4 is 65.2 Å². The van der Waals surface area contributed by atoms with E-state index in [0.29, 0.717) is 35.5 Å². The summed E-state index contributed by atoms with van der Waals surface area (Å²) in [4.78, 5) is 42.0. The summed E-state index contributed by atoms with van der Waals surface area (Å²) in [6.45, 7) is 4.94. The Balaban J connectivity index is 1.62. The van der Waals surface area contributed by atoms with Crippen molar-refractivity contribution in [3.63, 3.8) is 0 Å². The first-order valence-corrected chi connectivity index (χ1v) is 15.1. The lowest BCUT2D eigenvalue weighted by molar-refractivity contribution is -0.141. The molecule has 9 nitrogen and oxygen atoms in total. The summed E-state index contributed by atoms with van der Waals surface area (Å²) < 4.78 is 27.0. The van der Waals surface area contributed by atoms with Gasteiger partial charge in [0.05, 0.1) is 17.6 Å². The molecule has 2 aromatic carbocycles. The fourth-order valence-electron chi connectivity index (χ4n) is 6.45. The number of piperidine rings is 1. The number of nitrogens with zero attached hydrogens (tertiary/aromatic N) is 2. The summed E-state index contributed by atoms with van der Waals surface area (Å²) in [6.07, 6.45) is 0.601. The standard InChI is InChI=1S/C28H40B6FN3O6/c1-15-10-38(11-16(2)44-15)27(32,42)19-7-8-21(35)18(9-19)14-43-22-6-4-5-17(13-39)20(22)12-37(3)26(31)24(41)36-23(40)25(29,30)28(26,33)34/h4-9,13,15-16,42H,10-12,14,29-34H2,1-3H3,(H,36,40,41). The molecule has 2 fully saturated rings. The van der Waals surface area contributed by atoms with Gasteiger partial charge in [0.2, 0.25) is 11.8 Å². The van der Waals surface area contributed by atoms with E-state index in [1.807, 2.05) is 55.0 Å². The van der Waals surface area contributed by atoms with Gasteiger partial charge in [-0.3, -0.25) is 29.5 Å². The molecule has 228 valence electrons. The molecule has 0 bridgehead atoms. The number of halogens is 1. The number of carbonyl (C=O) groups excluding carboxylic acids is 3. The van der Waals surface area contributed by atoms with Crippen LogP contribution in [0.4, 0.5) is 4.39 Å². The second-order valence-corrected chi connectivity index (χ2v) is 13.7. The predicted octanol–water partition coefficient (Wildman–Crippen LogP) is -3.76. The first kappa shape index (κ1) is 34.1. The molecule has 4 unspecified atom stereocenters. The van der Waals surface area contributed by atoms with Gasteiger partial charge >= 0.3 is 0 Å². The molecule has 2 saturated heterocycles. The van der Waals surface area contributed by atoms with Gasteiger partial charge in [-0.15, -0.1) is 0 Å². The Morgan fingerprint density at radius 3 is 2.39 bits per heavy atom. The Morgan fingerprint density at radius 1 is 1.14 bits per heavy atom. The summed E-state index contributed by atoms with van der Waals surface area (Å²) in [5.74, 6) is -0.882. The minimum absolute atomic E-state index is 0.0609. The summed E-state index contributed by atoms with van der Waals surface area (Å²) in [7, 11) is 12.7.